The molecule has 0 bridgehead atoms. The number of hydrogen-bond acceptors (Lipinski definition) is 1. The van der Waals surface area contributed by atoms with Gasteiger partial charge in [0.15, 0.2) is 0 Å². The Labute approximate surface area is 125 Å². The Morgan fingerprint density at radius 2 is 1.95 bits per heavy atom. The summed E-state index contributed by atoms with van der Waals surface area (Å²) < 4.78 is 13.9. The molecule has 0 fully saturated rings. The van der Waals surface area contributed by atoms with Crippen molar-refractivity contribution in [3.63, 3.8) is 0 Å². The highest BCUT2D eigenvalue weighted by molar-refractivity contribution is 9.10. The topological polar surface area (TPSA) is 20.2 Å². The second-order valence-electron chi connectivity index (χ2n) is 4.67. The van der Waals surface area contributed by atoms with Crippen molar-refractivity contribution in [3.05, 3.63) is 68.9 Å². The van der Waals surface area contributed by atoms with Crippen LogP contribution in [-0.4, -0.2) is 5.11 Å². The van der Waals surface area contributed by atoms with E-state index in [9.17, 15) is 9.50 Å². The maximum Gasteiger partial charge on any atom is 0.137 e. The molecule has 1 N–H and O–H groups in total. The molecule has 0 aliphatic carbocycles. The van der Waals surface area contributed by atoms with Crippen molar-refractivity contribution in [1.82, 2.24) is 0 Å². The average molecular weight is 344 g/mol. The van der Waals surface area contributed by atoms with Crippen LogP contribution in [0.1, 0.15) is 18.1 Å². The first kappa shape index (κ1) is 14.5. The molecule has 1 unspecified atom stereocenters. The van der Waals surface area contributed by atoms with E-state index < -0.39 is 5.60 Å². The molecule has 100 valence electrons. The van der Waals surface area contributed by atoms with Gasteiger partial charge in [-0.2, -0.15) is 0 Å². The van der Waals surface area contributed by atoms with E-state index in [4.69, 9.17) is 11.6 Å². The molecule has 2 rings (SSSR count). The summed E-state index contributed by atoms with van der Waals surface area (Å²) in [6, 6.07) is 11.8. The standard InChI is InChI=1S/C15H13BrClFO/c1-15(19,11-5-3-6-12(17)8-11)9-10-4-2-7-13(18)14(10)16/h2-8,19H,9H2,1H3. The fourth-order valence-electron chi connectivity index (χ4n) is 1.98. The summed E-state index contributed by atoms with van der Waals surface area (Å²) in [6.07, 6.45) is 0.297. The van der Waals surface area contributed by atoms with Crippen molar-refractivity contribution >= 4 is 27.5 Å². The summed E-state index contributed by atoms with van der Waals surface area (Å²) in [4.78, 5) is 0. The predicted molar refractivity (Wildman–Crippen MR) is 78.8 cm³/mol. The Morgan fingerprint density at radius 3 is 2.63 bits per heavy atom. The van der Waals surface area contributed by atoms with Gasteiger partial charge in [0.2, 0.25) is 0 Å². The summed E-state index contributed by atoms with van der Waals surface area (Å²) in [5, 5.41) is 11.1. The molecule has 0 aliphatic heterocycles. The quantitative estimate of drug-likeness (QED) is 0.857. The van der Waals surface area contributed by atoms with Crippen LogP contribution in [0, 0.1) is 5.82 Å². The van der Waals surface area contributed by atoms with Crippen LogP contribution in [0.15, 0.2) is 46.9 Å². The van der Waals surface area contributed by atoms with Gasteiger partial charge in [-0.25, -0.2) is 4.39 Å². The lowest BCUT2D eigenvalue weighted by Crippen LogP contribution is -2.24. The fraction of sp³-hybridized carbons (Fsp3) is 0.200. The van der Waals surface area contributed by atoms with Crippen molar-refractivity contribution < 1.29 is 9.50 Å². The number of aliphatic hydroxyl groups is 1. The minimum Gasteiger partial charge on any atom is -0.385 e. The first-order valence-electron chi connectivity index (χ1n) is 5.81. The average Bonchev–Trinajstić information content (AvgIpc) is 2.35. The summed E-state index contributed by atoms with van der Waals surface area (Å²) in [7, 11) is 0. The van der Waals surface area contributed by atoms with Gasteiger partial charge in [0.1, 0.15) is 5.82 Å². The van der Waals surface area contributed by atoms with Crippen molar-refractivity contribution in [2.24, 2.45) is 0 Å². The number of halogens is 3. The van der Waals surface area contributed by atoms with Gasteiger partial charge < -0.3 is 5.11 Å². The lowest BCUT2D eigenvalue weighted by molar-refractivity contribution is 0.0574. The third-order valence-corrected chi connectivity index (χ3v) is 4.14. The second-order valence-corrected chi connectivity index (χ2v) is 5.90. The maximum atomic E-state index is 13.5. The number of benzene rings is 2. The van der Waals surface area contributed by atoms with Crippen molar-refractivity contribution in [2.75, 3.05) is 0 Å². The Hall–Kier alpha value is -0.900. The van der Waals surface area contributed by atoms with Crippen LogP contribution >= 0.6 is 27.5 Å². The van der Waals surface area contributed by atoms with Crippen LogP contribution in [0.3, 0.4) is 0 Å². The highest BCUT2D eigenvalue weighted by atomic mass is 79.9. The van der Waals surface area contributed by atoms with Crippen molar-refractivity contribution in [1.29, 1.82) is 0 Å². The van der Waals surface area contributed by atoms with Gasteiger partial charge in [0, 0.05) is 11.4 Å². The smallest absolute Gasteiger partial charge is 0.137 e. The van der Waals surface area contributed by atoms with Gasteiger partial charge in [-0.1, -0.05) is 35.9 Å². The molecule has 0 saturated carbocycles. The van der Waals surface area contributed by atoms with Crippen LogP contribution in [0.2, 0.25) is 5.02 Å². The third-order valence-electron chi connectivity index (χ3n) is 3.01. The largest absolute Gasteiger partial charge is 0.385 e. The van der Waals surface area contributed by atoms with Crippen LogP contribution < -0.4 is 0 Å². The molecule has 0 spiro atoms. The van der Waals surface area contributed by atoms with Crippen LogP contribution in [-0.2, 0) is 12.0 Å². The molecule has 0 saturated heterocycles. The Kier molecular flexibility index (Phi) is 4.29. The molecule has 2 aromatic carbocycles. The molecule has 2 aromatic rings. The van der Waals surface area contributed by atoms with E-state index >= 15 is 0 Å². The van der Waals surface area contributed by atoms with Crippen LogP contribution in [0.25, 0.3) is 0 Å². The van der Waals surface area contributed by atoms with Gasteiger partial charge in [0.25, 0.3) is 0 Å². The lowest BCUT2D eigenvalue weighted by atomic mass is 9.89. The minimum atomic E-state index is -1.11. The first-order valence-corrected chi connectivity index (χ1v) is 6.98. The molecule has 0 aromatic heterocycles. The van der Waals surface area contributed by atoms with Gasteiger partial charge >= 0.3 is 0 Å². The Morgan fingerprint density at radius 1 is 1.26 bits per heavy atom. The zero-order valence-corrected chi connectivity index (χ0v) is 12.7. The van der Waals surface area contributed by atoms with E-state index in [1.807, 2.05) is 0 Å². The molecule has 1 nitrogen and oxygen atoms in total. The summed E-state index contributed by atoms with van der Waals surface area (Å²) in [5.74, 6) is -0.334. The van der Waals surface area contributed by atoms with E-state index in [1.54, 1.807) is 43.3 Å². The third kappa shape index (κ3) is 3.35. The van der Waals surface area contributed by atoms with Crippen molar-refractivity contribution in [3.8, 4) is 0 Å². The molecular weight excluding hydrogens is 331 g/mol. The molecule has 0 radical (unpaired) electrons. The van der Waals surface area contributed by atoms with E-state index in [0.29, 0.717) is 27.0 Å². The van der Waals surface area contributed by atoms with Gasteiger partial charge in [-0.05, 0) is 52.2 Å². The van der Waals surface area contributed by atoms with Gasteiger partial charge in [0.05, 0.1) is 10.1 Å². The zero-order chi connectivity index (χ0) is 14.0. The molecule has 1 atom stereocenters. The van der Waals surface area contributed by atoms with Gasteiger partial charge in [-0.3, -0.25) is 0 Å². The SMILES string of the molecule is CC(O)(Cc1cccc(F)c1Br)c1cccc(Cl)c1. The fourth-order valence-corrected chi connectivity index (χ4v) is 2.58. The van der Waals surface area contributed by atoms with Crippen LogP contribution in [0.4, 0.5) is 4.39 Å². The van der Waals surface area contributed by atoms with E-state index in [2.05, 4.69) is 15.9 Å². The van der Waals surface area contributed by atoms with E-state index in [1.165, 1.54) is 6.07 Å². The lowest BCUT2D eigenvalue weighted by Gasteiger charge is -2.25. The number of rotatable bonds is 3. The summed E-state index contributed by atoms with van der Waals surface area (Å²) in [6.45, 7) is 1.69. The summed E-state index contributed by atoms with van der Waals surface area (Å²) >= 11 is 9.14. The molecule has 0 heterocycles. The zero-order valence-electron chi connectivity index (χ0n) is 10.3. The molecular formula is C15H13BrClFO. The monoisotopic (exact) mass is 342 g/mol. The summed E-state index contributed by atoms with van der Waals surface area (Å²) in [5.41, 5.74) is 0.308. The predicted octanol–water partition coefficient (Wildman–Crippen LogP) is 4.69. The van der Waals surface area contributed by atoms with Crippen molar-refractivity contribution in [2.45, 2.75) is 18.9 Å². The first-order chi connectivity index (χ1) is 8.90. The molecule has 0 amide bonds. The second kappa shape index (κ2) is 5.61. The van der Waals surface area contributed by atoms with Crippen LogP contribution in [0.5, 0.6) is 0 Å². The van der Waals surface area contributed by atoms with Gasteiger partial charge in [-0.15, -0.1) is 0 Å². The molecule has 4 heteroatoms. The van der Waals surface area contributed by atoms with E-state index in [-0.39, 0.29) is 5.82 Å². The Bertz CT molecular complexity index is 598. The highest BCUT2D eigenvalue weighted by Gasteiger charge is 2.25. The Balaban J connectivity index is 2.33. The maximum absolute atomic E-state index is 13.5. The minimum absolute atomic E-state index is 0.297. The van der Waals surface area contributed by atoms with E-state index in [0.717, 1.165) is 0 Å². The number of hydrogen-bond donors (Lipinski definition) is 1. The molecule has 0 aliphatic rings. The molecule has 19 heavy (non-hydrogen) atoms. The normalized spacial score (nSPS) is 14.2. The highest BCUT2D eigenvalue weighted by Crippen LogP contribution is 2.31.